The SMILES string of the molecule is CCCCCC/C=C/CC/C=C/C(O)C(COP(=O)(O)OCC[N+](C)(C)C)NC(=O)CCCCCCCCC. The molecular formula is C30H60N2O6P+. The molecule has 0 heterocycles. The molecule has 0 aromatic rings. The number of rotatable bonds is 26. The molecule has 3 atom stereocenters. The van der Waals surface area contributed by atoms with Crippen molar-refractivity contribution in [2.75, 3.05) is 40.9 Å². The Morgan fingerprint density at radius 1 is 0.846 bits per heavy atom. The Labute approximate surface area is 239 Å². The molecule has 0 rings (SSSR count). The molecule has 0 fully saturated rings. The number of phosphoric acid groups is 1. The van der Waals surface area contributed by atoms with E-state index >= 15 is 0 Å². The minimum atomic E-state index is -4.32. The van der Waals surface area contributed by atoms with Crippen LogP contribution in [-0.2, 0) is 18.4 Å². The summed E-state index contributed by atoms with van der Waals surface area (Å²) in [6, 6.07) is -0.852. The summed E-state index contributed by atoms with van der Waals surface area (Å²) in [6.07, 6.45) is 22.6. The average Bonchev–Trinajstić information content (AvgIpc) is 2.86. The van der Waals surface area contributed by atoms with Crippen molar-refractivity contribution in [3.05, 3.63) is 24.3 Å². The number of phosphoric ester groups is 1. The van der Waals surface area contributed by atoms with E-state index in [0.29, 0.717) is 17.4 Å². The second-order valence-corrected chi connectivity index (χ2v) is 12.9. The number of likely N-dealkylation sites (N-methyl/N-ethyl adjacent to an activating group) is 1. The van der Waals surface area contributed by atoms with Crippen LogP contribution >= 0.6 is 7.82 Å². The van der Waals surface area contributed by atoms with Crippen LogP contribution in [0.25, 0.3) is 0 Å². The van der Waals surface area contributed by atoms with Crippen LogP contribution in [0.2, 0.25) is 0 Å². The Bertz CT molecular complexity index is 708. The van der Waals surface area contributed by atoms with E-state index in [1.165, 1.54) is 51.4 Å². The van der Waals surface area contributed by atoms with Gasteiger partial charge in [0, 0.05) is 6.42 Å². The monoisotopic (exact) mass is 575 g/mol. The Morgan fingerprint density at radius 3 is 2.05 bits per heavy atom. The highest BCUT2D eigenvalue weighted by atomic mass is 31.2. The van der Waals surface area contributed by atoms with Crippen LogP contribution in [0.5, 0.6) is 0 Å². The van der Waals surface area contributed by atoms with Crippen molar-refractivity contribution in [3.63, 3.8) is 0 Å². The number of carbonyl (C=O) groups excluding carboxylic acids is 1. The summed E-state index contributed by atoms with van der Waals surface area (Å²) in [6.45, 7) is 4.66. The lowest BCUT2D eigenvalue weighted by Crippen LogP contribution is -2.45. The number of nitrogens with one attached hydrogen (secondary N) is 1. The zero-order valence-electron chi connectivity index (χ0n) is 25.6. The van der Waals surface area contributed by atoms with Crippen molar-refractivity contribution in [1.82, 2.24) is 5.32 Å². The molecule has 9 heteroatoms. The fraction of sp³-hybridized carbons (Fsp3) is 0.833. The van der Waals surface area contributed by atoms with E-state index in [9.17, 15) is 19.4 Å². The largest absolute Gasteiger partial charge is 0.472 e. The van der Waals surface area contributed by atoms with E-state index in [0.717, 1.165) is 38.5 Å². The third-order valence-electron chi connectivity index (χ3n) is 6.42. The lowest BCUT2D eigenvalue weighted by atomic mass is 10.1. The van der Waals surface area contributed by atoms with Crippen LogP contribution in [0, 0.1) is 0 Å². The van der Waals surface area contributed by atoms with E-state index in [1.54, 1.807) is 6.08 Å². The molecule has 0 aliphatic rings. The summed E-state index contributed by atoms with van der Waals surface area (Å²) in [5, 5.41) is 13.5. The molecule has 3 unspecified atom stereocenters. The number of aliphatic hydroxyl groups excluding tert-OH is 1. The van der Waals surface area contributed by atoms with Crippen LogP contribution in [0.4, 0.5) is 0 Å². The van der Waals surface area contributed by atoms with Crippen LogP contribution in [0.1, 0.15) is 110 Å². The molecule has 1 amide bonds. The fourth-order valence-corrected chi connectivity index (χ4v) is 4.61. The zero-order chi connectivity index (χ0) is 29.4. The summed E-state index contributed by atoms with van der Waals surface area (Å²) >= 11 is 0. The average molecular weight is 576 g/mol. The molecule has 0 spiro atoms. The first-order valence-electron chi connectivity index (χ1n) is 15.2. The highest BCUT2D eigenvalue weighted by Crippen LogP contribution is 2.43. The lowest BCUT2D eigenvalue weighted by Gasteiger charge is -2.25. The molecule has 8 nitrogen and oxygen atoms in total. The maximum Gasteiger partial charge on any atom is 0.472 e. The van der Waals surface area contributed by atoms with Gasteiger partial charge in [-0.05, 0) is 32.1 Å². The van der Waals surface area contributed by atoms with Crippen LogP contribution in [0.15, 0.2) is 24.3 Å². The summed E-state index contributed by atoms with van der Waals surface area (Å²) in [7, 11) is 1.55. The first-order valence-corrected chi connectivity index (χ1v) is 16.7. The second-order valence-electron chi connectivity index (χ2n) is 11.5. The van der Waals surface area contributed by atoms with Gasteiger partial charge in [-0.3, -0.25) is 13.8 Å². The Balaban J connectivity index is 4.76. The lowest BCUT2D eigenvalue weighted by molar-refractivity contribution is -0.870. The number of allylic oxidation sites excluding steroid dienone is 3. The number of unbranched alkanes of at least 4 members (excludes halogenated alkanes) is 11. The number of nitrogens with zero attached hydrogens (tertiary/aromatic N) is 1. The van der Waals surface area contributed by atoms with Gasteiger partial charge in [0.2, 0.25) is 5.91 Å². The van der Waals surface area contributed by atoms with Gasteiger partial charge in [0.15, 0.2) is 0 Å². The molecule has 0 aromatic carbocycles. The predicted molar refractivity (Wildman–Crippen MR) is 161 cm³/mol. The van der Waals surface area contributed by atoms with Crippen LogP contribution in [0.3, 0.4) is 0 Å². The predicted octanol–water partition coefficient (Wildman–Crippen LogP) is 6.68. The molecule has 39 heavy (non-hydrogen) atoms. The zero-order valence-corrected chi connectivity index (χ0v) is 26.5. The maximum atomic E-state index is 12.6. The number of hydrogen-bond acceptors (Lipinski definition) is 5. The molecule has 0 aliphatic carbocycles. The van der Waals surface area contributed by atoms with Gasteiger partial charge in [-0.15, -0.1) is 0 Å². The first-order chi connectivity index (χ1) is 18.5. The maximum absolute atomic E-state index is 12.6. The first kappa shape index (κ1) is 38.0. The fourth-order valence-electron chi connectivity index (χ4n) is 3.88. The normalized spacial score (nSPS) is 15.6. The number of quaternary nitrogens is 1. The molecule has 3 N–H and O–H groups in total. The molecule has 0 saturated heterocycles. The van der Waals surface area contributed by atoms with E-state index < -0.39 is 20.0 Å². The number of aliphatic hydroxyl groups is 1. The van der Waals surface area contributed by atoms with Gasteiger partial charge in [0.05, 0.1) is 39.9 Å². The standard InChI is InChI=1S/C30H59N2O6P/c1-6-8-10-12-14-15-16-18-19-21-23-29(33)28(27-38-39(35,36)37-26-25-32(3,4)5)31-30(34)24-22-20-17-13-11-9-7-2/h15-16,21,23,28-29,33H,6-14,17-20,22,24-27H2,1-5H3,(H-,31,34,35,36)/p+1/b16-15+,23-21+. The van der Waals surface area contributed by atoms with Gasteiger partial charge >= 0.3 is 7.82 Å². The van der Waals surface area contributed by atoms with Crippen LogP contribution in [-0.4, -0.2) is 73.4 Å². The van der Waals surface area contributed by atoms with E-state index in [1.807, 2.05) is 27.2 Å². The highest BCUT2D eigenvalue weighted by molar-refractivity contribution is 7.47. The van der Waals surface area contributed by atoms with Gasteiger partial charge < -0.3 is 19.8 Å². The third kappa shape index (κ3) is 25.7. The van der Waals surface area contributed by atoms with Crippen molar-refractivity contribution >= 4 is 13.7 Å². The Hall–Kier alpha value is -1.02. The minimum absolute atomic E-state index is 0.0567. The third-order valence-corrected chi connectivity index (χ3v) is 7.41. The summed E-state index contributed by atoms with van der Waals surface area (Å²) in [5.41, 5.74) is 0. The molecule has 230 valence electrons. The van der Waals surface area contributed by atoms with Gasteiger partial charge in [-0.1, -0.05) is 95.9 Å². The van der Waals surface area contributed by atoms with Gasteiger partial charge in [0.1, 0.15) is 13.2 Å². The van der Waals surface area contributed by atoms with Crippen molar-refractivity contribution in [1.29, 1.82) is 0 Å². The Morgan fingerprint density at radius 2 is 1.41 bits per heavy atom. The highest BCUT2D eigenvalue weighted by Gasteiger charge is 2.27. The Kier molecular flexibility index (Phi) is 23.0. The second kappa shape index (κ2) is 23.7. The van der Waals surface area contributed by atoms with E-state index in [-0.39, 0.29) is 19.1 Å². The summed E-state index contributed by atoms with van der Waals surface area (Å²) < 4.78 is 23.2. The number of carbonyl (C=O) groups is 1. The summed E-state index contributed by atoms with van der Waals surface area (Å²) in [5.74, 6) is -0.200. The molecule has 0 radical (unpaired) electrons. The van der Waals surface area contributed by atoms with E-state index in [4.69, 9.17) is 9.05 Å². The van der Waals surface area contributed by atoms with Crippen molar-refractivity contribution < 1.29 is 32.9 Å². The molecule has 0 saturated carbocycles. The molecule has 0 bridgehead atoms. The van der Waals surface area contributed by atoms with E-state index in [2.05, 4.69) is 31.3 Å². The van der Waals surface area contributed by atoms with Crippen LogP contribution < -0.4 is 5.32 Å². The molecule has 0 aromatic heterocycles. The smallest absolute Gasteiger partial charge is 0.387 e. The molecular weight excluding hydrogens is 515 g/mol. The van der Waals surface area contributed by atoms with Crippen molar-refractivity contribution in [2.45, 2.75) is 122 Å². The summed E-state index contributed by atoms with van der Waals surface area (Å²) in [4.78, 5) is 22.7. The van der Waals surface area contributed by atoms with Crippen molar-refractivity contribution in [3.8, 4) is 0 Å². The number of hydrogen-bond donors (Lipinski definition) is 3. The number of amides is 1. The van der Waals surface area contributed by atoms with Gasteiger partial charge in [-0.25, -0.2) is 4.57 Å². The topological polar surface area (TPSA) is 105 Å². The van der Waals surface area contributed by atoms with Gasteiger partial charge in [-0.2, -0.15) is 0 Å². The van der Waals surface area contributed by atoms with Gasteiger partial charge in [0.25, 0.3) is 0 Å². The minimum Gasteiger partial charge on any atom is -0.387 e. The molecule has 0 aliphatic heterocycles. The van der Waals surface area contributed by atoms with Crippen molar-refractivity contribution in [2.24, 2.45) is 0 Å². The quantitative estimate of drug-likeness (QED) is 0.0460.